The van der Waals surface area contributed by atoms with Crippen LogP contribution >= 0.6 is 0 Å². The average Bonchev–Trinajstić information content (AvgIpc) is 3.66. The minimum Gasteiger partial charge on any atom is -0.465 e. The lowest BCUT2D eigenvalue weighted by atomic mass is 9.80. The molecule has 0 spiro atoms. The van der Waals surface area contributed by atoms with E-state index < -0.39 is 17.0 Å². The Bertz CT molecular complexity index is 1260. The Morgan fingerprint density at radius 3 is 2.11 bits per heavy atom. The van der Waals surface area contributed by atoms with E-state index in [-0.39, 0.29) is 17.6 Å². The van der Waals surface area contributed by atoms with E-state index >= 15 is 0 Å². The van der Waals surface area contributed by atoms with Crippen molar-refractivity contribution in [2.24, 2.45) is 5.92 Å². The van der Waals surface area contributed by atoms with Crippen LogP contribution in [0.3, 0.4) is 0 Å². The van der Waals surface area contributed by atoms with Crippen LogP contribution in [0.15, 0.2) is 84.9 Å². The number of carboxylic acid groups (broad SMARTS) is 1. The van der Waals surface area contributed by atoms with Crippen molar-refractivity contribution < 1.29 is 19.1 Å². The second kappa shape index (κ2) is 10.6. The number of nitrogens with one attached hydrogen (secondary N) is 1. The van der Waals surface area contributed by atoms with E-state index in [0.717, 1.165) is 42.7 Å². The number of likely N-dealkylation sites (tertiary alicyclic amines) is 1. The summed E-state index contributed by atoms with van der Waals surface area (Å²) in [4.78, 5) is 29.7. The van der Waals surface area contributed by atoms with E-state index in [2.05, 4.69) is 10.2 Å². The van der Waals surface area contributed by atoms with E-state index in [1.807, 2.05) is 67.7 Å². The molecule has 0 unspecified atom stereocenters. The maximum absolute atomic E-state index is 13.9. The first-order chi connectivity index (χ1) is 18.3. The number of benzene rings is 3. The number of amides is 2. The summed E-state index contributed by atoms with van der Waals surface area (Å²) in [6, 6.07) is 26.1. The highest BCUT2D eigenvalue weighted by atomic mass is 19.1. The summed E-state index contributed by atoms with van der Waals surface area (Å²) >= 11 is 0. The minimum absolute atomic E-state index is 0.0845. The van der Waals surface area contributed by atoms with Gasteiger partial charge in [-0.1, -0.05) is 72.8 Å². The summed E-state index contributed by atoms with van der Waals surface area (Å²) in [7, 11) is 1.82. The van der Waals surface area contributed by atoms with Crippen LogP contribution in [0.5, 0.6) is 0 Å². The lowest BCUT2D eigenvalue weighted by Gasteiger charge is -2.42. The van der Waals surface area contributed by atoms with Gasteiger partial charge in [0.15, 0.2) is 0 Å². The average molecular weight is 516 g/mol. The molecular weight excluding hydrogens is 481 g/mol. The summed E-state index contributed by atoms with van der Waals surface area (Å²) in [6.45, 7) is 2.69. The molecule has 2 fully saturated rings. The highest BCUT2D eigenvalue weighted by Crippen LogP contribution is 2.56. The molecular formula is C31H34FN3O3. The van der Waals surface area contributed by atoms with Crippen LogP contribution in [0.2, 0.25) is 0 Å². The van der Waals surface area contributed by atoms with E-state index in [4.69, 9.17) is 0 Å². The number of carbonyl (C=O) groups excluding carboxylic acids is 1. The molecule has 6 nitrogen and oxygen atoms in total. The number of carbonyl (C=O) groups is 2. The zero-order valence-corrected chi connectivity index (χ0v) is 21.6. The van der Waals surface area contributed by atoms with Crippen molar-refractivity contribution in [1.29, 1.82) is 0 Å². The van der Waals surface area contributed by atoms with Crippen LogP contribution in [-0.2, 0) is 22.3 Å². The van der Waals surface area contributed by atoms with Crippen molar-refractivity contribution in [3.63, 3.8) is 0 Å². The first-order valence-corrected chi connectivity index (χ1v) is 13.2. The lowest BCUT2D eigenvalue weighted by Crippen LogP contribution is -2.53. The van der Waals surface area contributed by atoms with Gasteiger partial charge in [0.25, 0.3) is 0 Å². The Labute approximate surface area is 223 Å². The normalized spacial score (nSPS) is 22.4. The van der Waals surface area contributed by atoms with Crippen molar-refractivity contribution in [3.05, 3.63) is 107 Å². The van der Waals surface area contributed by atoms with Crippen LogP contribution in [0.1, 0.15) is 36.0 Å². The highest BCUT2D eigenvalue weighted by Gasteiger charge is 2.62. The molecule has 1 heterocycles. The molecule has 3 aromatic rings. The first kappa shape index (κ1) is 25.9. The first-order valence-electron chi connectivity index (χ1n) is 13.2. The van der Waals surface area contributed by atoms with E-state index in [9.17, 15) is 19.1 Å². The molecule has 1 saturated carbocycles. The van der Waals surface area contributed by atoms with Crippen molar-refractivity contribution in [2.45, 2.75) is 36.8 Å². The molecule has 5 rings (SSSR count). The molecule has 3 aromatic carbocycles. The molecule has 7 heteroatoms. The third kappa shape index (κ3) is 5.16. The maximum Gasteiger partial charge on any atom is 0.405 e. The van der Waals surface area contributed by atoms with E-state index in [0.29, 0.717) is 19.4 Å². The Hall–Kier alpha value is -3.71. The van der Waals surface area contributed by atoms with Crippen LogP contribution in [0.25, 0.3) is 0 Å². The number of halogens is 1. The number of hydrogen-bond acceptors (Lipinski definition) is 3. The number of rotatable bonds is 8. The number of hydrogen-bond donors (Lipinski definition) is 2. The molecule has 0 bridgehead atoms. The van der Waals surface area contributed by atoms with E-state index in [1.54, 1.807) is 17.0 Å². The molecule has 2 N–H and O–H groups in total. The summed E-state index contributed by atoms with van der Waals surface area (Å²) in [5.41, 5.74) is 1.73. The SMILES string of the molecule is CN(Cc1ccc(F)cc1)C(=O)[C@]1(c2ccccc2)C[C@@H]1CN1CCC(NC(=O)O)(c2ccccc2)CC1. The minimum atomic E-state index is -1.01. The fourth-order valence-corrected chi connectivity index (χ4v) is 6.18. The van der Waals surface area contributed by atoms with Gasteiger partial charge in [-0.2, -0.15) is 0 Å². The van der Waals surface area contributed by atoms with Crippen molar-refractivity contribution >= 4 is 12.0 Å². The number of nitrogens with zero attached hydrogens (tertiary/aromatic N) is 2. The van der Waals surface area contributed by atoms with Gasteiger partial charge in [-0.15, -0.1) is 0 Å². The predicted octanol–water partition coefficient (Wildman–Crippen LogP) is 5.00. The third-order valence-electron chi connectivity index (χ3n) is 8.32. The Balaban J connectivity index is 1.30. The largest absolute Gasteiger partial charge is 0.465 e. The van der Waals surface area contributed by atoms with Gasteiger partial charge in [-0.3, -0.25) is 4.79 Å². The standard InChI is InChI=1S/C31H34FN3O3/c1-34(21-23-12-14-27(32)15-13-23)28(36)31(25-10-6-3-7-11-25)20-26(31)22-35-18-16-30(17-19-35,33-29(37)38)24-8-4-2-5-9-24/h2-15,26,33H,16-22H2,1H3,(H,37,38)/t26-,31+/m1/s1. The monoisotopic (exact) mass is 515 g/mol. The van der Waals surface area contributed by atoms with Crippen LogP contribution in [-0.4, -0.2) is 53.6 Å². The molecule has 2 atom stereocenters. The second-order valence-electron chi connectivity index (χ2n) is 10.7. The molecule has 38 heavy (non-hydrogen) atoms. The summed E-state index contributed by atoms with van der Waals surface area (Å²) in [5, 5.41) is 12.4. The lowest BCUT2D eigenvalue weighted by molar-refractivity contribution is -0.133. The molecule has 1 aliphatic carbocycles. The molecule has 1 saturated heterocycles. The third-order valence-corrected chi connectivity index (χ3v) is 8.32. The predicted molar refractivity (Wildman–Crippen MR) is 144 cm³/mol. The summed E-state index contributed by atoms with van der Waals surface area (Å²) in [5.74, 6) is -0.0342. The van der Waals surface area contributed by atoms with Crippen molar-refractivity contribution in [3.8, 4) is 0 Å². The van der Waals surface area contributed by atoms with Gasteiger partial charge < -0.3 is 20.2 Å². The molecule has 0 aromatic heterocycles. The van der Waals surface area contributed by atoms with Crippen LogP contribution in [0.4, 0.5) is 9.18 Å². The fraction of sp³-hybridized carbons (Fsp3) is 0.355. The molecule has 0 radical (unpaired) electrons. The summed E-state index contributed by atoms with van der Waals surface area (Å²) in [6.07, 6.45) is 1.11. The van der Waals surface area contributed by atoms with Gasteiger partial charge in [-0.25, -0.2) is 9.18 Å². The van der Waals surface area contributed by atoms with Gasteiger partial charge in [0.05, 0.1) is 11.0 Å². The summed E-state index contributed by atoms with van der Waals surface area (Å²) < 4.78 is 13.4. The fourth-order valence-electron chi connectivity index (χ4n) is 6.18. The topological polar surface area (TPSA) is 72.9 Å². The highest BCUT2D eigenvalue weighted by molar-refractivity contribution is 5.92. The maximum atomic E-state index is 13.9. The van der Waals surface area contributed by atoms with Gasteiger partial charge >= 0.3 is 6.09 Å². The molecule has 2 aliphatic rings. The number of piperidine rings is 1. The molecule has 1 aliphatic heterocycles. The second-order valence-corrected chi connectivity index (χ2v) is 10.7. The van der Waals surface area contributed by atoms with Crippen LogP contribution < -0.4 is 5.32 Å². The van der Waals surface area contributed by atoms with Gasteiger partial charge in [0, 0.05) is 33.2 Å². The van der Waals surface area contributed by atoms with Crippen molar-refractivity contribution in [2.75, 3.05) is 26.7 Å². The Kier molecular flexibility index (Phi) is 7.21. The Morgan fingerprint density at radius 1 is 0.947 bits per heavy atom. The van der Waals surface area contributed by atoms with Gasteiger partial charge in [0.1, 0.15) is 5.82 Å². The molecule has 198 valence electrons. The van der Waals surface area contributed by atoms with Crippen molar-refractivity contribution in [1.82, 2.24) is 15.1 Å². The smallest absolute Gasteiger partial charge is 0.405 e. The van der Waals surface area contributed by atoms with Gasteiger partial charge in [0.2, 0.25) is 5.91 Å². The zero-order valence-electron chi connectivity index (χ0n) is 21.6. The van der Waals surface area contributed by atoms with Gasteiger partial charge in [-0.05, 0) is 54.0 Å². The number of likely N-dealkylation sites (N-methyl/N-ethyl adjacent to an activating group) is 1. The molecule has 2 amide bonds. The Morgan fingerprint density at radius 2 is 1.53 bits per heavy atom. The van der Waals surface area contributed by atoms with Crippen LogP contribution in [0, 0.1) is 11.7 Å². The van der Waals surface area contributed by atoms with E-state index in [1.165, 1.54) is 12.1 Å². The zero-order chi connectivity index (χ0) is 26.8. The quantitative estimate of drug-likeness (QED) is 0.443.